The number of aliphatic hydroxyl groups is 1. The number of hydrogen-bond donors (Lipinski definition) is 4. The number of nitrogens with one attached hydrogen (secondary N) is 1. The lowest BCUT2D eigenvalue weighted by atomic mass is 10.0. The first-order chi connectivity index (χ1) is 25.9. The fraction of sp³-hybridized carbons (Fsp3) is 0.841. The van der Waals surface area contributed by atoms with Gasteiger partial charge in [-0.15, -0.1) is 0 Å². The van der Waals surface area contributed by atoms with Crippen LogP contribution in [0.5, 0.6) is 0 Å². The van der Waals surface area contributed by atoms with E-state index in [9.17, 15) is 19.4 Å². The van der Waals surface area contributed by atoms with E-state index in [1.165, 1.54) is 141 Å². The summed E-state index contributed by atoms with van der Waals surface area (Å²) in [6, 6.07) is -0.880. The Morgan fingerprint density at radius 3 is 1.45 bits per heavy atom. The maximum Gasteiger partial charge on any atom is 0.472 e. The molecular weight excluding hydrogens is 683 g/mol. The van der Waals surface area contributed by atoms with Gasteiger partial charge in [-0.3, -0.25) is 13.8 Å². The van der Waals surface area contributed by atoms with E-state index in [1.54, 1.807) is 6.08 Å². The summed E-state index contributed by atoms with van der Waals surface area (Å²) in [4.78, 5) is 22.7. The smallest absolute Gasteiger partial charge is 0.387 e. The van der Waals surface area contributed by atoms with E-state index in [-0.39, 0.29) is 25.7 Å². The lowest BCUT2D eigenvalue weighted by Gasteiger charge is -2.23. The number of amides is 1. The number of aliphatic hydroxyl groups excluding tert-OH is 1. The molecule has 0 aliphatic heterocycles. The third-order valence-corrected chi connectivity index (χ3v) is 10.7. The number of carbonyl (C=O) groups is 1. The summed E-state index contributed by atoms with van der Waals surface area (Å²) in [7, 11) is -4.35. The number of unbranched alkanes of at least 4 members (excludes halogenated alkanes) is 25. The van der Waals surface area contributed by atoms with Gasteiger partial charge in [0.15, 0.2) is 0 Å². The number of phosphoric acid groups is 1. The Labute approximate surface area is 327 Å². The molecule has 0 aromatic rings. The Bertz CT molecular complexity index is 928. The minimum Gasteiger partial charge on any atom is -0.387 e. The molecule has 8 nitrogen and oxygen atoms in total. The fourth-order valence-corrected chi connectivity index (χ4v) is 7.10. The van der Waals surface area contributed by atoms with Crippen LogP contribution in [-0.4, -0.2) is 47.8 Å². The predicted octanol–water partition coefficient (Wildman–Crippen LogP) is 12.3. The Morgan fingerprint density at radius 1 is 0.604 bits per heavy atom. The van der Waals surface area contributed by atoms with Crippen LogP contribution in [0.4, 0.5) is 0 Å². The first-order valence-corrected chi connectivity index (χ1v) is 23.6. The lowest BCUT2D eigenvalue weighted by Crippen LogP contribution is -2.45. The molecule has 53 heavy (non-hydrogen) atoms. The second-order valence-corrected chi connectivity index (χ2v) is 16.3. The summed E-state index contributed by atoms with van der Waals surface area (Å²) in [6.07, 6.45) is 47.7. The van der Waals surface area contributed by atoms with Gasteiger partial charge in [-0.25, -0.2) is 4.57 Å². The zero-order valence-electron chi connectivity index (χ0n) is 34.5. The summed E-state index contributed by atoms with van der Waals surface area (Å²) in [5.41, 5.74) is 5.37. The molecule has 0 spiro atoms. The number of rotatable bonds is 41. The molecule has 312 valence electrons. The topological polar surface area (TPSA) is 131 Å². The van der Waals surface area contributed by atoms with Crippen molar-refractivity contribution in [3.05, 3.63) is 36.5 Å². The molecule has 0 heterocycles. The number of phosphoric ester groups is 1. The van der Waals surface area contributed by atoms with E-state index >= 15 is 0 Å². The van der Waals surface area contributed by atoms with Crippen molar-refractivity contribution in [3.8, 4) is 0 Å². The van der Waals surface area contributed by atoms with Crippen molar-refractivity contribution >= 4 is 13.7 Å². The number of carbonyl (C=O) groups excluding carboxylic acids is 1. The summed E-state index contributed by atoms with van der Waals surface area (Å²) < 4.78 is 22.1. The van der Waals surface area contributed by atoms with Gasteiger partial charge in [-0.2, -0.15) is 0 Å². The first-order valence-electron chi connectivity index (χ1n) is 22.1. The molecule has 0 saturated heterocycles. The molecular formula is C44H85N2O6P. The second kappa shape index (κ2) is 40.4. The van der Waals surface area contributed by atoms with Crippen LogP contribution in [0.2, 0.25) is 0 Å². The lowest BCUT2D eigenvalue weighted by molar-refractivity contribution is -0.123. The van der Waals surface area contributed by atoms with E-state index in [2.05, 4.69) is 43.5 Å². The highest BCUT2D eigenvalue weighted by molar-refractivity contribution is 7.47. The van der Waals surface area contributed by atoms with Crippen LogP contribution in [-0.2, 0) is 18.4 Å². The molecule has 0 aromatic heterocycles. The average molecular weight is 769 g/mol. The highest BCUT2D eigenvalue weighted by atomic mass is 31.2. The van der Waals surface area contributed by atoms with E-state index in [0.29, 0.717) is 6.42 Å². The normalized spacial score (nSPS) is 14.4. The average Bonchev–Trinajstić information content (AvgIpc) is 3.14. The Kier molecular flexibility index (Phi) is 39.4. The monoisotopic (exact) mass is 769 g/mol. The van der Waals surface area contributed by atoms with Gasteiger partial charge in [0.2, 0.25) is 5.91 Å². The van der Waals surface area contributed by atoms with Crippen molar-refractivity contribution in [3.63, 3.8) is 0 Å². The maximum absolute atomic E-state index is 12.7. The zero-order valence-corrected chi connectivity index (χ0v) is 35.4. The van der Waals surface area contributed by atoms with Gasteiger partial charge in [-0.1, -0.05) is 192 Å². The van der Waals surface area contributed by atoms with Crippen LogP contribution in [0.3, 0.4) is 0 Å². The van der Waals surface area contributed by atoms with Crippen molar-refractivity contribution in [2.45, 2.75) is 219 Å². The molecule has 0 bridgehead atoms. The van der Waals surface area contributed by atoms with Gasteiger partial charge in [0.05, 0.1) is 25.4 Å². The van der Waals surface area contributed by atoms with Crippen LogP contribution in [0.1, 0.15) is 206 Å². The van der Waals surface area contributed by atoms with E-state index < -0.39 is 20.0 Å². The molecule has 1 amide bonds. The Hall–Kier alpha value is -1.28. The van der Waals surface area contributed by atoms with Gasteiger partial charge in [0.25, 0.3) is 0 Å². The van der Waals surface area contributed by atoms with Crippen molar-refractivity contribution in [2.24, 2.45) is 5.73 Å². The minimum atomic E-state index is -4.35. The van der Waals surface area contributed by atoms with Crippen LogP contribution < -0.4 is 11.1 Å². The molecule has 3 atom stereocenters. The molecule has 0 aromatic carbocycles. The quantitative estimate of drug-likeness (QED) is 0.0277. The third kappa shape index (κ3) is 38.8. The molecule has 0 saturated carbocycles. The molecule has 5 N–H and O–H groups in total. The number of hydrogen-bond acceptors (Lipinski definition) is 6. The molecule has 0 rings (SSSR count). The molecule has 3 unspecified atom stereocenters. The Morgan fingerprint density at radius 2 is 1.00 bits per heavy atom. The minimum absolute atomic E-state index is 0.0727. The molecule has 0 aliphatic carbocycles. The summed E-state index contributed by atoms with van der Waals surface area (Å²) in [5, 5.41) is 13.6. The fourth-order valence-electron chi connectivity index (χ4n) is 6.34. The van der Waals surface area contributed by atoms with E-state index in [0.717, 1.165) is 44.9 Å². The van der Waals surface area contributed by atoms with Crippen LogP contribution in [0.15, 0.2) is 36.5 Å². The van der Waals surface area contributed by atoms with Gasteiger partial charge >= 0.3 is 7.82 Å². The highest BCUT2D eigenvalue weighted by Crippen LogP contribution is 2.43. The van der Waals surface area contributed by atoms with Crippen molar-refractivity contribution in [1.82, 2.24) is 5.32 Å². The van der Waals surface area contributed by atoms with Crippen LogP contribution >= 0.6 is 7.82 Å². The van der Waals surface area contributed by atoms with Gasteiger partial charge < -0.3 is 21.1 Å². The van der Waals surface area contributed by atoms with Crippen molar-refractivity contribution in [2.75, 3.05) is 19.8 Å². The molecule has 9 heteroatoms. The van der Waals surface area contributed by atoms with Crippen molar-refractivity contribution in [1.29, 1.82) is 0 Å². The largest absolute Gasteiger partial charge is 0.472 e. The second-order valence-electron chi connectivity index (χ2n) is 14.9. The van der Waals surface area contributed by atoms with E-state index in [4.69, 9.17) is 14.8 Å². The molecule has 0 aliphatic rings. The summed E-state index contributed by atoms with van der Waals surface area (Å²) in [5.74, 6) is -0.207. The molecule has 0 fully saturated rings. The van der Waals surface area contributed by atoms with Crippen molar-refractivity contribution < 1.29 is 28.4 Å². The predicted molar refractivity (Wildman–Crippen MR) is 226 cm³/mol. The van der Waals surface area contributed by atoms with E-state index in [1.807, 2.05) is 6.08 Å². The molecule has 0 radical (unpaired) electrons. The van der Waals surface area contributed by atoms with Gasteiger partial charge in [0.1, 0.15) is 0 Å². The van der Waals surface area contributed by atoms with Crippen LogP contribution in [0.25, 0.3) is 0 Å². The summed E-state index contributed by atoms with van der Waals surface area (Å²) in [6.45, 7) is 4.11. The van der Waals surface area contributed by atoms with Gasteiger partial charge in [-0.05, 0) is 44.9 Å². The van der Waals surface area contributed by atoms with Crippen LogP contribution in [0, 0.1) is 0 Å². The highest BCUT2D eigenvalue weighted by Gasteiger charge is 2.26. The SMILES string of the molecule is CCCCCCCCCCC/C=C/CC/C=C/CC/C=C/C(O)C(COP(=O)(O)OCCN)NC(=O)CCCCCCCCCCCCCCCCC. The first kappa shape index (κ1) is 51.7. The van der Waals surface area contributed by atoms with Gasteiger partial charge in [0, 0.05) is 13.0 Å². The zero-order chi connectivity index (χ0) is 38.9. The maximum atomic E-state index is 12.7. The standard InChI is InChI=1S/C44H85N2O6P/c1-3-5-7-9-11-13-15-17-19-20-21-22-24-25-27-29-31-33-35-37-43(47)42(41-52-53(49,50)51-40-39-45)46-44(48)38-36-34-32-30-28-26-23-18-16-14-12-10-8-6-4-2/h21-22,27,29,35,37,42-43,47H,3-20,23-26,28,30-34,36,38-41,45H2,1-2H3,(H,46,48)(H,49,50)/b22-21+,29-27+,37-35+. The Balaban J connectivity index is 4.28. The number of nitrogens with two attached hydrogens (primary N) is 1. The third-order valence-electron chi connectivity index (χ3n) is 9.70. The number of allylic oxidation sites excluding steroid dienone is 5. The summed E-state index contributed by atoms with van der Waals surface area (Å²) >= 11 is 0.